The Morgan fingerprint density at radius 2 is 2.21 bits per heavy atom. The fourth-order valence-electron chi connectivity index (χ4n) is 2.34. The minimum Gasteiger partial charge on any atom is -0.497 e. The second kappa shape index (κ2) is 6.54. The van der Waals surface area contributed by atoms with Gasteiger partial charge in [0, 0.05) is 32.7 Å². The highest BCUT2D eigenvalue weighted by Crippen LogP contribution is 2.22. The number of benzene rings is 1. The molecule has 0 amide bonds. The normalized spacial score (nSPS) is 17.9. The molecule has 0 bridgehead atoms. The van der Waals surface area contributed by atoms with Gasteiger partial charge in [0.1, 0.15) is 5.75 Å². The number of rotatable bonds is 5. The molecule has 0 radical (unpaired) electrons. The van der Waals surface area contributed by atoms with Crippen LogP contribution in [0.3, 0.4) is 0 Å². The second-order valence-electron chi connectivity index (χ2n) is 4.72. The van der Waals surface area contributed by atoms with Crippen LogP contribution in [0.1, 0.15) is 11.5 Å². The zero-order valence-electron chi connectivity index (χ0n) is 11.1. The van der Waals surface area contributed by atoms with Crippen molar-refractivity contribution in [1.82, 2.24) is 10.2 Å². The first-order valence-corrected chi connectivity index (χ1v) is 6.50. The molecule has 1 unspecified atom stereocenters. The summed E-state index contributed by atoms with van der Waals surface area (Å²) in [6.45, 7) is 4.18. The highest BCUT2D eigenvalue weighted by Gasteiger charge is 2.24. The number of carboxylic acid groups (broad SMARTS) is 1. The molecule has 5 heteroatoms. The fraction of sp³-hybridized carbons (Fsp3) is 0.500. The SMILES string of the molecule is COc1cccc(C(CN2CCNCC2)C(=O)O)c1. The Balaban J connectivity index is 2.11. The topological polar surface area (TPSA) is 61.8 Å². The summed E-state index contributed by atoms with van der Waals surface area (Å²) in [6, 6.07) is 7.32. The molecule has 19 heavy (non-hydrogen) atoms. The predicted octanol–water partition coefficient (Wildman–Crippen LogP) is 0.769. The van der Waals surface area contributed by atoms with Crippen molar-refractivity contribution in [3.8, 4) is 5.75 Å². The molecule has 104 valence electrons. The zero-order chi connectivity index (χ0) is 13.7. The van der Waals surface area contributed by atoms with Gasteiger partial charge < -0.3 is 15.2 Å². The van der Waals surface area contributed by atoms with Crippen LogP contribution in [0, 0.1) is 0 Å². The molecule has 0 aliphatic carbocycles. The highest BCUT2D eigenvalue weighted by atomic mass is 16.5. The molecule has 1 aromatic rings. The molecule has 2 N–H and O–H groups in total. The molecule has 1 fully saturated rings. The number of aliphatic carboxylic acids is 1. The molecule has 0 aromatic heterocycles. The van der Waals surface area contributed by atoms with E-state index < -0.39 is 11.9 Å². The van der Waals surface area contributed by atoms with E-state index in [0.29, 0.717) is 12.3 Å². The first-order chi connectivity index (χ1) is 9.20. The molecule has 1 aliphatic heterocycles. The Morgan fingerprint density at radius 1 is 1.47 bits per heavy atom. The average Bonchev–Trinajstić information content (AvgIpc) is 2.45. The van der Waals surface area contributed by atoms with Gasteiger partial charge in [0.05, 0.1) is 13.0 Å². The summed E-state index contributed by atoms with van der Waals surface area (Å²) in [5.74, 6) is -0.593. The van der Waals surface area contributed by atoms with Crippen molar-refractivity contribution in [2.45, 2.75) is 5.92 Å². The van der Waals surface area contributed by atoms with E-state index in [1.54, 1.807) is 13.2 Å². The number of carbonyl (C=O) groups is 1. The molecule has 0 saturated carbocycles. The number of nitrogens with one attached hydrogen (secondary N) is 1. The van der Waals surface area contributed by atoms with Gasteiger partial charge in [-0.15, -0.1) is 0 Å². The summed E-state index contributed by atoms with van der Waals surface area (Å²) in [5, 5.41) is 12.7. The Hall–Kier alpha value is -1.59. The standard InChI is InChI=1S/C14H20N2O3/c1-19-12-4-2-3-11(9-12)13(14(17)18)10-16-7-5-15-6-8-16/h2-4,9,13,15H,5-8,10H2,1H3,(H,17,18). The van der Waals surface area contributed by atoms with E-state index in [4.69, 9.17) is 4.74 Å². The molecule has 1 aromatic carbocycles. The molecule has 1 aliphatic rings. The summed E-state index contributed by atoms with van der Waals surface area (Å²) in [5.41, 5.74) is 0.797. The molecule has 1 heterocycles. The summed E-state index contributed by atoms with van der Waals surface area (Å²) >= 11 is 0. The minimum atomic E-state index is -0.785. The van der Waals surface area contributed by atoms with Crippen molar-refractivity contribution in [3.63, 3.8) is 0 Å². The third-order valence-electron chi connectivity index (χ3n) is 3.44. The zero-order valence-corrected chi connectivity index (χ0v) is 11.1. The molecule has 2 rings (SSSR count). The van der Waals surface area contributed by atoms with Crippen molar-refractivity contribution in [1.29, 1.82) is 0 Å². The van der Waals surface area contributed by atoms with E-state index >= 15 is 0 Å². The first-order valence-electron chi connectivity index (χ1n) is 6.50. The largest absolute Gasteiger partial charge is 0.497 e. The number of hydrogen-bond acceptors (Lipinski definition) is 4. The van der Waals surface area contributed by atoms with Crippen LogP contribution in [0.5, 0.6) is 5.75 Å². The van der Waals surface area contributed by atoms with Crippen LogP contribution in [-0.4, -0.2) is 55.8 Å². The Bertz CT molecular complexity index is 430. The summed E-state index contributed by atoms with van der Waals surface area (Å²) in [4.78, 5) is 13.7. The third kappa shape index (κ3) is 3.68. The fourth-order valence-corrected chi connectivity index (χ4v) is 2.34. The van der Waals surface area contributed by atoms with Crippen molar-refractivity contribution in [2.24, 2.45) is 0 Å². The van der Waals surface area contributed by atoms with Crippen LogP contribution in [0.25, 0.3) is 0 Å². The highest BCUT2D eigenvalue weighted by molar-refractivity contribution is 5.76. The van der Waals surface area contributed by atoms with Gasteiger partial charge in [-0.05, 0) is 17.7 Å². The summed E-state index contributed by atoms with van der Waals surface area (Å²) in [7, 11) is 1.59. The van der Waals surface area contributed by atoms with Crippen LogP contribution in [-0.2, 0) is 4.79 Å². The number of methoxy groups -OCH3 is 1. The van der Waals surface area contributed by atoms with Crippen molar-refractivity contribution in [3.05, 3.63) is 29.8 Å². The minimum absolute atomic E-state index is 0.506. The Kier molecular flexibility index (Phi) is 4.76. The maximum atomic E-state index is 11.5. The summed E-state index contributed by atoms with van der Waals surface area (Å²) < 4.78 is 5.16. The second-order valence-corrected chi connectivity index (χ2v) is 4.72. The van der Waals surface area contributed by atoms with Gasteiger partial charge >= 0.3 is 5.97 Å². The van der Waals surface area contributed by atoms with E-state index in [1.165, 1.54) is 0 Å². The van der Waals surface area contributed by atoms with Gasteiger partial charge in [0.15, 0.2) is 0 Å². The van der Waals surface area contributed by atoms with Gasteiger partial charge in [-0.2, -0.15) is 0 Å². The van der Waals surface area contributed by atoms with Gasteiger partial charge in [-0.1, -0.05) is 12.1 Å². The van der Waals surface area contributed by atoms with Gasteiger partial charge in [0.25, 0.3) is 0 Å². The molecular weight excluding hydrogens is 244 g/mol. The van der Waals surface area contributed by atoms with E-state index in [-0.39, 0.29) is 0 Å². The molecule has 1 saturated heterocycles. The smallest absolute Gasteiger partial charge is 0.312 e. The number of piperazine rings is 1. The van der Waals surface area contributed by atoms with Gasteiger partial charge in [0.2, 0.25) is 0 Å². The van der Waals surface area contributed by atoms with Crippen LogP contribution < -0.4 is 10.1 Å². The lowest BCUT2D eigenvalue weighted by atomic mass is 9.98. The van der Waals surface area contributed by atoms with E-state index in [2.05, 4.69) is 10.2 Å². The number of hydrogen-bond donors (Lipinski definition) is 2. The van der Waals surface area contributed by atoms with Crippen molar-refractivity contribution >= 4 is 5.97 Å². The molecule has 5 nitrogen and oxygen atoms in total. The van der Waals surface area contributed by atoms with E-state index in [1.807, 2.05) is 18.2 Å². The number of nitrogens with zero attached hydrogens (tertiary/aromatic N) is 1. The maximum Gasteiger partial charge on any atom is 0.312 e. The van der Waals surface area contributed by atoms with E-state index in [0.717, 1.165) is 31.7 Å². The number of ether oxygens (including phenoxy) is 1. The monoisotopic (exact) mass is 264 g/mol. The molecule has 1 atom stereocenters. The maximum absolute atomic E-state index is 11.5. The van der Waals surface area contributed by atoms with Crippen molar-refractivity contribution in [2.75, 3.05) is 39.8 Å². The van der Waals surface area contributed by atoms with Gasteiger partial charge in [-0.3, -0.25) is 9.69 Å². The Labute approximate surface area is 113 Å². The lowest BCUT2D eigenvalue weighted by Crippen LogP contribution is -2.45. The lowest BCUT2D eigenvalue weighted by Gasteiger charge is -2.29. The summed E-state index contributed by atoms with van der Waals surface area (Å²) in [6.07, 6.45) is 0. The lowest BCUT2D eigenvalue weighted by molar-refractivity contribution is -0.139. The molecule has 0 spiro atoms. The first kappa shape index (κ1) is 13.8. The van der Waals surface area contributed by atoms with E-state index in [9.17, 15) is 9.90 Å². The van der Waals surface area contributed by atoms with Crippen molar-refractivity contribution < 1.29 is 14.6 Å². The van der Waals surface area contributed by atoms with Crippen LogP contribution in [0.4, 0.5) is 0 Å². The average molecular weight is 264 g/mol. The Morgan fingerprint density at radius 3 is 2.84 bits per heavy atom. The molecular formula is C14H20N2O3. The number of carboxylic acids is 1. The van der Waals surface area contributed by atoms with Gasteiger partial charge in [-0.25, -0.2) is 0 Å². The quantitative estimate of drug-likeness (QED) is 0.822. The van der Waals surface area contributed by atoms with Crippen LogP contribution in [0.2, 0.25) is 0 Å². The van der Waals surface area contributed by atoms with Crippen LogP contribution in [0.15, 0.2) is 24.3 Å². The third-order valence-corrected chi connectivity index (χ3v) is 3.44. The predicted molar refractivity (Wildman–Crippen MR) is 72.7 cm³/mol. The van der Waals surface area contributed by atoms with Crippen LogP contribution >= 0.6 is 0 Å².